The van der Waals surface area contributed by atoms with E-state index in [4.69, 9.17) is 5.73 Å². The summed E-state index contributed by atoms with van der Waals surface area (Å²) < 4.78 is 0. The van der Waals surface area contributed by atoms with Crippen LogP contribution in [0.4, 0.5) is 5.00 Å². The zero-order valence-corrected chi connectivity index (χ0v) is 12.8. The first-order valence-electron chi connectivity index (χ1n) is 6.28. The summed E-state index contributed by atoms with van der Waals surface area (Å²) in [6.07, 6.45) is 1.80. The minimum Gasteiger partial charge on any atom is -0.338 e. The molecular weight excluding hydrogens is 302 g/mol. The van der Waals surface area contributed by atoms with Crippen molar-refractivity contribution in [2.45, 2.75) is 25.8 Å². The molecule has 2 heterocycles. The number of piperidine rings is 1. The van der Waals surface area contributed by atoms with Gasteiger partial charge in [-0.3, -0.25) is 14.9 Å². The van der Waals surface area contributed by atoms with Crippen LogP contribution in [0.5, 0.6) is 0 Å². The van der Waals surface area contributed by atoms with Gasteiger partial charge in [0.1, 0.15) is 0 Å². The highest BCUT2D eigenvalue weighted by Crippen LogP contribution is 2.27. The molecule has 2 rings (SSSR count). The van der Waals surface area contributed by atoms with Gasteiger partial charge in [-0.2, -0.15) is 0 Å². The third kappa shape index (κ3) is 3.68. The molecule has 1 aliphatic heterocycles. The van der Waals surface area contributed by atoms with Gasteiger partial charge >= 0.3 is 5.00 Å². The Morgan fingerprint density at radius 3 is 2.55 bits per heavy atom. The lowest BCUT2D eigenvalue weighted by molar-refractivity contribution is -0.380. The fourth-order valence-corrected chi connectivity index (χ4v) is 3.11. The van der Waals surface area contributed by atoms with Crippen molar-refractivity contribution in [3.63, 3.8) is 0 Å². The quantitative estimate of drug-likeness (QED) is 0.683. The highest BCUT2D eigenvalue weighted by molar-refractivity contribution is 7.17. The number of nitrogens with zero attached hydrogens (tertiary/aromatic N) is 2. The number of halogens is 1. The molecule has 6 nitrogen and oxygen atoms in total. The second-order valence-corrected chi connectivity index (χ2v) is 5.95. The molecule has 8 heteroatoms. The van der Waals surface area contributed by atoms with Crippen LogP contribution in [0.15, 0.2) is 12.1 Å². The molecule has 0 radical (unpaired) electrons. The van der Waals surface area contributed by atoms with Crippen molar-refractivity contribution in [2.75, 3.05) is 13.1 Å². The summed E-state index contributed by atoms with van der Waals surface area (Å²) in [6, 6.07) is 3.06. The molecule has 1 aromatic heterocycles. The van der Waals surface area contributed by atoms with Gasteiger partial charge in [0.2, 0.25) is 0 Å². The number of nitro groups is 1. The molecule has 0 aliphatic carbocycles. The van der Waals surface area contributed by atoms with E-state index < -0.39 is 4.92 Å². The van der Waals surface area contributed by atoms with Crippen LogP contribution >= 0.6 is 23.7 Å². The Hall–Kier alpha value is -1.18. The first-order chi connectivity index (χ1) is 8.99. The lowest BCUT2D eigenvalue weighted by Crippen LogP contribution is -2.42. The molecule has 1 amide bonds. The van der Waals surface area contributed by atoms with Crippen molar-refractivity contribution in [1.82, 2.24) is 4.90 Å². The first kappa shape index (κ1) is 16.9. The van der Waals surface area contributed by atoms with Crippen molar-refractivity contribution in [3.8, 4) is 0 Å². The van der Waals surface area contributed by atoms with Crippen LogP contribution in [0.1, 0.15) is 29.4 Å². The largest absolute Gasteiger partial charge is 0.338 e. The number of hydrogen-bond acceptors (Lipinski definition) is 5. The lowest BCUT2D eigenvalue weighted by atomic mass is 9.91. The van der Waals surface area contributed by atoms with Crippen LogP contribution in [0.2, 0.25) is 0 Å². The minimum atomic E-state index is -0.468. The van der Waals surface area contributed by atoms with Gasteiger partial charge in [0.25, 0.3) is 5.91 Å². The number of thiophene rings is 1. The number of carbonyl (C=O) groups is 1. The molecule has 1 aliphatic rings. The molecule has 20 heavy (non-hydrogen) atoms. The third-order valence-electron chi connectivity index (χ3n) is 3.55. The van der Waals surface area contributed by atoms with E-state index in [1.165, 1.54) is 12.1 Å². The van der Waals surface area contributed by atoms with Crippen LogP contribution in [0.25, 0.3) is 0 Å². The number of likely N-dealkylation sites (tertiary alicyclic amines) is 1. The van der Waals surface area contributed by atoms with Crippen LogP contribution in [0, 0.1) is 16.0 Å². The molecule has 112 valence electrons. The van der Waals surface area contributed by atoms with Crippen LogP contribution in [0.3, 0.4) is 0 Å². The molecule has 1 saturated heterocycles. The summed E-state index contributed by atoms with van der Waals surface area (Å²) in [5.74, 6) is 0.350. The van der Waals surface area contributed by atoms with Gasteiger partial charge in [-0.05, 0) is 31.7 Å². The van der Waals surface area contributed by atoms with Crippen molar-refractivity contribution in [3.05, 3.63) is 27.1 Å². The average Bonchev–Trinajstić information content (AvgIpc) is 2.87. The van der Waals surface area contributed by atoms with E-state index in [1.807, 2.05) is 6.92 Å². The summed E-state index contributed by atoms with van der Waals surface area (Å²) in [5.41, 5.74) is 5.86. The Kier molecular flexibility index (Phi) is 5.91. The molecule has 1 unspecified atom stereocenters. The number of nitrogens with two attached hydrogens (primary N) is 1. The molecule has 1 fully saturated rings. The van der Waals surface area contributed by atoms with Gasteiger partial charge in [0.15, 0.2) is 0 Å². The molecule has 2 N–H and O–H groups in total. The smallest absolute Gasteiger partial charge is 0.324 e. The molecule has 0 spiro atoms. The van der Waals surface area contributed by atoms with Crippen molar-refractivity contribution in [2.24, 2.45) is 11.7 Å². The summed E-state index contributed by atoms with van der Waals surface area (Å²) >= 11 is 0.935. The Labute approximate surface area is 127 Å². The maximum absolute atomic E-state index is 12.2. The Morgan fingerprint density at radius 1 is 1.50 bits per heavy atom. The minimum absolute atomic E-state index is 0. The topological polar surface area (TPSA) is 89.5 Å². The van der Waals surface area contributed by atoms with Crippen molar-refractivity contribution < 1.29 is 9.72 Å². The zero-order chi connectivity index (χ0) is 14.0. The number of rotatable bonds is 3. The van der Waals surface area contributed by atoms with Gasteiger partial charge in [0.05, 0.1) is 9.80 Å². The summed E-state index contributed by atoms with van der Waals surface area (Å²) in [4.78, 5) is 24.5. The predicted molar refractivity (Wildman–Crippen MR) is 80.5 cm³/mol. The maximum Gasteiger partial charge on any atom is 0.324 e. The number of hydrogen-bond donors (Lipinski definition) is 1. The molecule has 0 saturated carbocycles. The van der Waals surface area contributed by atoms with E-state index in [2.05, 4.69) is 0 Å². The van der Waals surface area contributed by atoms with Gasteiger partial charge in [0, 0.05) is 25.2 Å². The van der Waals surface area contributed by atoms with E-state index in [0.29, 0.717) is 23.9 Å². The lowest BCUT2D eigenvalue weighted by Gasteiger charge is -2.33. The first-order valence-corrected chi connectivity index (χ1v) is 7.09. The average molecular weight is 320 g/mol. The monoisotopic (exact) mass is 319 g/mol. The van der Waals surface area contributed by atoms with Crippen LogP contribution < -0.4 is 5.73 Å². The van der Waals surface area contributed by atoms with Crippen LogP contribution in [-0.4, -0.2) is 34.9 Å². The predicted octanol–water partition coefficient (Wildman–Crippen LogP) is 2.28. The fraction of sp³-hybridized carbons (Fsp3) is 0.583. The second-order valence-electron chi connectivity index (χ2n) is 4.88. The summed E-state index contributed by atoms with van der Waals surface area (Å²) in [5, 5.41) is 10.6. The number of carbonyl (C=O) groups excluding carboxylic acids is 1. The molecule has 0 bridgehead atoms. The standard InChI is InChI=1S/C12H17N3O3S.ClH/c1-8(13)9-4-6-14(7-5-9)12(16)10-2-3-11(19-10)15(17)18;/h2-3,8-9H,4-7,13H2,1H3;1H. The second kappa shape index (κ2) is 7.01. The van der Waals surface area contributed by atoms with Crippen molar-refractivity contribution >= 4 is 34.7 Å². The zero-order valence-electron chi connectivity index (χ0n) is 11.2. The Balaban J connectivity index is 0.00000200. The van der Waals surface area contributed by atoms with E-state index in [9.17, 15) is 14.9 Å². The highest BCUT2D eigenvalue weighted by atomic mass is 35.5. The van der Waals surface area contributed by atoms with E-state index >= 15 is 0 Å². The third-order valence-corrected chi connectivity index (χ3v) is 4.58. The van der Waals surface area contributed by atoms with Gasteiger partial charge in [-0.15, -0.1) is 12.4 Å². The van der Waals surface area contributed by atoms with E-state index in [0.717, 1.165) is 24.2 Å². The maximum atomic E-state index is 12.2. The highest BCUT2D eigenvalue weighted by Gasteiger charge is 2.27. The Bertz CT molecular complexity index is 484. The normalized spacial score (nSPS) is 17.4. The number of amides is 1. The Morgan fingerprint density at radius 2 is 2.10 bits per heavy atom. The van der Waals surface area contributed by atoms with Gasteiger partial charge in [-0.1, -0.05) is 11.3 Å². The molecule has 1 aromatic rings. The summed E-state index contributed by atoms with van der Waals surface area (Å²) in [7, 11) is 0. The SMILES string of the molecule is CC(N)C1CCN(C(=O)c2ccc([N+](=O)[O-])s2)CC1.Cl. The fourth-order valence-electron chi connectivity index (χ4n) is 2.32. The van der Waals surface area contributed by atoms with E-state index in [1.54, 1.807) is 4.90 Å². The van der Waals surface area contributed by atoms with Gasteiger partial charge in [-0.25, -0.2) is 0 Å². The van der Waals surface area contributed by atoms with Crippen molar-refractivity contribution in [1.29, 1.82) is 0 Å². The van der Waals surface area contributed by atoms with Crippen LogP contribution in [-0.2, 0) is 0 Å². The summed E-state index contributed by atoms with van der Waals surface area (Å²) in [6.45, 7) is 3.35. The van der Waals surface area contributed by atoms with Gasteiger partial charge < -0.3 is 10.6 Å². The molecule has 1 atom stereocenters. The van der Waals surface area contributed by atoms with E-state index in [-0.39, 0.29) is 29.4 Å². The molecule has 0 aromatic carbocycles. The molecular formula is C12H18ClN3O3S.